The number of Topliss-reactive ketones (excluding diaryl/α,β-unsaturated/α-hetero) is 1. The van der Waals surface area contributed by atoms with Gasteiger partial charge in [0.2, 0.25) is 5.91 Å². The standard InChI is InChI=1S/C19H20BrN3O4/c1-23-16(19(26)27)15(10-21-23)22-18(25)14-5-3-2-4-13(14)17(24)11-6-8-12(20)9-7-11/h6-10,13-14H,2-5H2,1H3,(H,22,25)(H,26,27)/t13-,14-/m1/s1. The molecule has 0 unspecified atom stereocenters. The van der Waals surface area contributed by atoms with Crippen molar-refractivity contribution in [3.05, 3.63) is 46.2 Å². The minimum absolute atomic E-state index is 0.0491. The number of carbonyl (C=O) groups excluding carboxylic acids is 2. The number of hydrogen-bond donors (Lipinski definition) is 2. The van der Waals surface area contributed by atoms with Crippen LogP contribution in [0.1, 0.15) is 46.5 Å². The van der Waals surface area contributed by atoms with Gasteiger partial charge in [-0.05, 0) is 25.0 Å². The summed E-state index contributed by atoms with van der Waals surface area (Å²) in [5, 5.41) is 15.9. The molecule has 0 spiro atoms. The third-order valence-corrected chi connectivity index (χ3v) is 5.50. The number of aromatic carboxylic acids is 1. The maximum atomic E-state index is 13.0. The van der Waals surface area contributed by atoms with Gasteiger partial charge in [-0.25, -0.2) is 4.79 Å². The molecule has 0 bridgehead atoms. The molecule has 2 N–H and O–H groups in total. The predicted molar refractivity (Wildman–Crippen MR) is 103 cm³/mol. The number of rotatable bonds is 5. The monoisotopic (exact) mass is 433 g/mol. The molecule has 1 amide bonds. The van der Waals surface area contributed by atoms with Gasteiger partial charge in [-0.2, -0.15) is 5.10 Å². The normalized spacial score (nSPS) is 19.5. The average Bonchev–Trinajstić information content (AvgIpc) is 3.02. The van der Waals surface area contributed by atoms with Crippen molar-refractivity contribution in [2.75, 3.05) is 5.32 Å². The van der Waals surface area contributed by atoms with Crippen LogP contribution in [-0.2, 0) is 11.8 Å². The Kier molecular flexibility index (Phi) is 5.74. The quantitative estimate of drug-likeness (QED) is 0.702. The molecule has 8 heteroatoms. The van der Waals surface area contributed by atoms with Crippen molar-refractivity contribution >= 4 is 39.3 Å². The van der Waals surface area contributed by atoms with Gasteiger partial charge in [0.05, 0.1) is 11.9 Å². The van der Waals surface area contributed by atoms with Crippen molar-refractivity contribution < 1.29 is 19.5 Å². The van der Waals surface area contributed by atoms with Gasteiger partial charge in [-0.3, -0.25) is 14.3 Å². The molecule has 2 atom stereocenters. The van der Waals surface area contributed by atoms with E-state index in [-0.39, 0.29) is 23.1 Å². The van der Waals surface area contributed by atoms with E-state index in [9.17, 15) is 19.5 Å². The zero-order valence-corrected chi connectivity index (χ0v) is 16.4. The smallest absolute Gasteiger partial charge is 0.356 e. The number of carboxylic acids is 1. The molecule has 0 saturated heterocycles. The highest BCUT2D eigenvalue weighted by Crippen LogP contribution is 2.34. The fourth-order valence-corrected chi connectivity index (χ4v) is 3.86. The van der Waals surface area contributed by atoms with Crippen LogP contribution in [0.4, 0.5) is 5.69 Å². The van der Waals surface area contributed by atoms with Crippen LogP contribution in [0.25, 0.3) is 0 Å². The van der Waals surface area contributed by atoms with Crippen LogP contribution in [0.3, 0.4) is 0 Å². The number of carboxylic acid groups (broad SMARTS) is 1. The number of aryl methyl sites for hydroxylation is 1. The van der Waals surface area contributed by atoms with Crippen LogP contribution in [0.2, 0.25) is 0 Å². The second-order valence-electron chi connectivity index (χ2n) is 6.69. The largest absolute Gasteiger partial charge is 0.476 e. The molecule has 1 heterocycles. The summed E-state index contributed by atoms with van der Waals surface area (Å²) in [4.78, 5) is 37.2. The molecular weight excluding hydrogens is 414 g/mol. The van der Waals surface area contributed by atoms with E-state index in [2.05, 4.69) is 26.3 Å². The first-order valence-corrected chi connectivity index (χ1v) is 9.53. The van der Waals surface area contributed by atoms with Crippen molar-refractivity contribution in [2.45, 2.75) is 25.7 Å². The molecule has 142 valence electrons. The molecule has 27 heavy (non-hydrogen) atoms. The van der Waals surface area contributed by atoms with Crippen molar-refractivity contribution in [3.8, 4) is 0 Å². The Morgan fingerprint density at radius 3 is 2.41 bits per heavy atom. The molecule has 0 radical (unpaired) electrons. The van der Waals surface area contributed by atoms with Gasteiger partial charge in [-0.1, -0.05) is 40.9 Å². The van der Waals surface area contributed by atoms with Gasteiger partial charge in [-0.15, -0.1) is 0 Å². The first-order valence-electron chi connectivity index (χ1n) is 8.74. The van der Waals surface area contributed by atoms with E-state index in [4.69, 9.17) is 0 Å². The minimum atomic E-state index is -1.17. The summed E-state index contributed by atoms with van der Waals surface area (Å²) < 4.78 is 2.08. The first-order chi connectivity index (χ1) is 12.9. The molecule has 0 aliphatic heterocycles. The summed E-state index contributed by atoms with van der Waals surface area (Å²) in [6.07, 6.45) is 4.31. The summed E-state index contributed by atoms with van der Waals surface area (Å²) in [5.74, 6) is -2.45. The number of benzene rings is 1. The summed E-state index contributed by atoms with van der Waals surface area (Å²) >= 11 is 3.35. The third kappa shape index (κ3) is 4.10. The maximum absolute atomic E-state index is 13.0. The zero-order chi connectivity index (χ0) is 19.6. The van der Waals surface area contributed by atoms with Crippen LogP contribution in [0.5, 0.6) is 0 Å². The zero-order valence-electron chi connectivity index (χ0n) is 14.8. The van der Waals surface area contributed by atoms with E-state index in [1.165, 1.54) is 17.9 Å². The van der Waals surface area contributed by atoms with Crippen molar-refractivity contribution in [2.24, 2.45) is 18.9 Å². The summed E-state index contributed by atoms with van der Waals surface area (Å²) in [7, 11) is 1.50. The van der Waals surface area contributed by atoms with E-state index in [1.807, 2.05) is 0 Å². The molecule has 1 aliphatic rings. The van der Waals surface area contributed by atoms with Gasteiger partial charge in [0.1, 0.15) is 0 Å². The number of nitrogens with zero attached hydrogens (tertiary/aromatic N) is 2. The summed E-state index contributed by atoms with van der Waals surface area (Å²) in [5.41, 5.74) is 0.640. The second kappa shape index (κ2) is 8.04. The number of nitrogens with one attached hydrogen (secondary N) is 1. The second-order valence-corrected chi connectivity index (χ2v) is 7.61. The number of hydrogen-bond acceptors (Lipinski definition) is 4. The summed E-state index contributed by atoms with van der Waals surface area (Å²) in [6, 6.07) is 7.11. The van der Waals surface area contributed by atoms with Gasteiger partial charge >= 0.3 is 5.97 Å². The lowest BCUT2D eigenvalue weighted by atomic mass is 9.75. The lowest BCUT2D eigenvalue weighted by Crippen LogP contribution is -2.36. The number of anilines is 1. The Hall–Kier alpha value is -2.48. The number of amides is 1. The minimum Gasteiger partial charge on any atom is -0.476 e. The van der Waals surface area contributed by atoms with E-state index < -0.39 is 17.8 Å². The molecule has 1 aromatic heterocycles. The molecule has 7 nitrogen and oxygen atoms in total. The number of aromatic nitrogens is 2. The number of carbonyl (C=O) groups is 3. The van der Waals surface area contributed by atoms with Crippen molar-refractivity contribution in [1.29, 1.82) is 0 Å². The Morgan fingerprint density at radius 2 is 1.78 bits per heavy atom. The van der Waals surface area contributed by atoms with E-state index in [0.717, 1.165) is 17.3 Å². The lowest BCUT2D eigenvalue weighted by molar-refractivity contribution is -0.121. The fourth-order valence-electron chi connectivity index (χ4n) is 3.59. The van der Waals surface area contributed by atoms with Crippen LogP contribution in [0.15, 0.2) is 34.9 Å². The van der Waals surface area contributed by atoms with Crippen LogP contribution < -0.4 is 5.32 Å². The Labute approximate surface area is 164 Å². The van der Waals surface area contributed by atoms with Gasteiger partial charge < -0.3 is 10.4 Å². The van der Waals surface area contributed by atoms with Crippen LogP contribution in [-0.4, -0.2) is 32.5 Å². The van der Waals surface area contributed by atoms with Crippen molar-refractivity contribution in [1.82, 2.24) is 9.78 Å². The highest BCUT2D eigenvalue weighted by molar-refractivity contribution is 9.10. The molecule has 3 rings (SSSR count). The number of halogens is 1. The molecule has 2 aromatic rings. The highest BCUT2D eigenvalue weighted by Gasteiger charge is 2.36. The van der Waals surface area contributed by atoms with Crippen LogP contribution >= 0.6 is 15.9 Å². The maximum Gasteiger partial charge on any atom is 0.356 e. The number of ketones is 1. The highest BCUT2D eigenvalue weighted by atomic mass is 79.9. The van der Waals surface area contributed by atoms with Crippen molar-refractivity contribution in [3.63, 3.8) is 0 Å². The van der Waals surface area contributed by atoms with Crippen LogP contribution in [0, 0.1) is 11.8 Å². The van der Waals surface area contributed by atoms with E-state index in [0.29, 0.717) is 18.4 Å². The first kappa shape index (κ1) is 19.3. The Balaban J connectivity index is 1.81. The van der Waals surface area contributed by atoms with E-state index >= 15 is 0 Å². The molecule has 1 saturated carbocycles. The van der Waals surface area contributed by atoms with E-state index in [1.54, 1.807) is 24.3 Å². The lowest BCUT2D eigenvalue weighted by Gasteiger charge is -2.29. The average molecular weight is 434 g/mol. The Morgan fingerprint density at radius 1 is 1.15 bits per heavy atom. The molecule has 1 aromatic carbocycles. The topological polar surface area (TPSA) is 101 Å². The predicted octanol–water partition coefficient (Wildman–Crippen LogP) is 3.51. The summed E-state index contributed by atoms with van der Waals surface area (Å²) in [6.45, 7) is 0. The van der Waals surface area contributed by atoms with Gasteiger partial charge in [0.15, 0.2) is 11.5 Å². The molecule has 1 aliphatic carbocycles. The molecule has 1 fully saturated rings. The Bertz CT molecular complexity index is 876. The van der Waals surface area contributed by atoms with Gasteiger partial charge in [0, 0.05) is 28.9 Å². The molecular formula is C19H20BrN3O4. The fraction of sp³-hybridized carbons (Fsp3) is 0.368. The van der Waals surface area contributed by atoms with Gasteiger partial charge in [0.25, 0.3) is 0 Å². The SMILES string of the molecule is Cn1ncc(NC(=O)[C@@H]2CCCC[C@H]2C(=O)c2ccc(Br)cc2)c1C(=O)O. The third-order valence-electron chi connectivity index (χ3n) is 4.97.